The summed E-state index contributed by atoms with van der Waals surface area (Å²) in [6.45, 7) is 6.68. The van der Waals surface area contributed by atoms with E-state index in [-0.39, 0.29) is 24.0 Å². The van der Waals surface area contributed by atoms with Crippen LogP contribution < -0.4 is 10.1 Å². The molecule has 1 aromatic rings. The number of rotatable bonds is 7. The van der Waals surface area contributed by atoms with E-state index in [1.165, 1.54) is 12.0 Å². The van der Waals surface area contributed by atoms with Gasteiger partial charge < -0.3 is 15.0 Å². The molecule has 0 atom stereocenters. The number of hydrogen-bond acceptors (Lipinski definition) is 2. The summed E-state index contributed by atoms with van der Waals surface area (Å²) in [5.41, 5.74) is 1.24. The molecule has 1 N–H and O–H groups in total. The Balaban J connectivity index is 0.00000400. The third kappa shape index (κ3) is 7.55. The highest BCUT2D eigenvalue weighted by molar-refractivity contribution is 14.0. The second-order valence-corrected chi connectivity index (χ2v) is 4.76. The molecule has 0 heterocycles. The molecule has 120 valence electrons. The molecule has 0 aliphatic carbocycles. The highest BCUT2D eigenvalue weighted by atomic mass is 127. The molecule has 0 fully saturated rings. The Morgan fingerprint density at radius 1 is 1.24 bits per heavy atom. The van der Waals surface area contributed by atoms with Crippen LogP contribution in [0.2, 0.25) is 0 Å². The van der Waals surface area contributed by atoms with Crippen LogP contribution in [0.4, 0.5) is 0 Å². The topological polar surface area (TPSA) is 36.9 Å². The van der Waals surface area contributed by atoms with E-state index in [1.54, 1.807) is 0 Å². The molecule has 4 nitrogen and oxygen atoms in total. The molecule has 0 saturated carbocycles. The van der Waals surface area contributed by atoms with Crippen LogP contribution in [0.1, 0.15) is 32.3 Å². The van der Waals surface area contributed by atoms with Crippen LogP contribution in [0.25, 0.3) is 0 Å². The summed E-state index contributed by atoms with van der Waals surface area (Å²) in [7, 11) is 3.88. The summed E-state index contributed by atoms with van der Waals surface area (Å²) < 4.78 is 5.45. The molecule has 0 unspecified atom stereocenters. The molecule has 1 rings (SSSR count). The summed E-state index contributed by atoms with van der Waals surface area (Å²) in [4.78, 5) is 6.44. The van der Waals surface area contributed by atoms with Crippen LogP contribution in [-0.2, 0) is 6.54 Å². The zero-order chi connectivity index (χ0) is 14.8. The van der Waals surface area contributed by atoms with Crippen molar-refractivity contribution in [3.63, 3.8) is 0 Å². The summed E-state index contributed by atoms with van der Waals surface area (Å²) >= 11 is 0. The lowest BCUT2D eigenvalue weighted by Crippen LogP contribution is -2.38. The zero-order valence-electron chi connectivity index (χ0n) is 13.6. The van der Waals surface area contributed by atoms with Gasteiger partial charge in [-0.2, -0.15) is 0 Å². The van der Waals surface area contributed by atoms with E-state index >= 15 is 0 Å². The first kappa shape index (κ1) is 20.0. The Morgan fingerprint density at radius 3 is 2.43 bits per heavy atom. The third-order valence-corrected chi connectivity index (χ3v) is 3.04. The second-order valence-electron chi connectivity index (χ2n) is 4.76. The molecule has 0 saturated heterocycles. The smallest absolute Gasteiger partial charge is 0.193 e. The van der Waals surface area contributed by atoms with Gasteiger partial charge in [0.05, 0.1) is 6.61 Å². The van der Waals surface area contributed by atoms with Crippen molar-refractivity contribution in [2.45, 2.75) is 33.2 Å². The number of nitrogens with zero attached hydrogens (tertiary/aromatic N) is 2. The predicted molar refractivity (Wildman–Crippen MR) is 101 cm³/mol. The molecular weight excluding hydrogens is 377 g/mol. The fourth-order valence-electron chi connectivity index (χ4n) is 1.97. The van der Waals surface area contributed by atoms with Crippen LogP contribution >= 0.6 is 24.0 Å². The van der Waals surface area contributed by atoms with Crippen LogP contribution in [-0.4, -0.2) is 38.1 Å². The second kappa shape index (κ2) is 11.7. The minimum atomic E-state index is 0. The van der Waals surface area contributed by atoms with Gasteiger partial charge in [-0.3, -0.25) is 4.99 Å². The molecule has 0 aliphatic rings. The Kier molecular flexibility index (Phi) is 11.1. The van der Waals surface area contributed by atoms with Gasteiger partial charge >= 0.3 is 0 Å². The number of hydrogen-bond donors (Lipinski definition) is 1. The van der Waals surface area contributed by atoms with E-state index < -0.39 is 0 Å². The third-order valence-electron chi connectivity index (χ3n) is 3.04. The van der Waals surface area contributed by atoms with Crippen molar-refractivity contribution in [3.05, 3.63) is 29.8 Å². The minimum absolute atomic E-state index is 0. The Hall–Kier alpha value is -0.980. The maximum absolute atomic E-state index is 5.45. The summed E-state index contributed by atoms with van der Waals surface area (Å²) in [6, 6.07) is 8.22. The Bertz CT molecular complexity index is 406. The summed E-state index contributed by atoms with van der Waals surface area (Å²) in [5, 5.41) is 3.37. The zero-order valence-corrected chi connectivity index (χ0v) is 15.9. The quantitative estimate of drug-likeness (QED) is 0.327. The molecular formula is C16H28IN3O. The van der Waals surface area contributed by atoms with Gasteiger partial charge in [-0.05, 0) is 31.0 Å². The van der Waals surface area contributed by atoms with E-state index in [0.29, 0.717) is 6.61 Å². The van der Waals surface area contributed by atoms with Crippen LogP contribution in [0.5, 0.6) is 5.75 Å². The lowest BCUT2D eigenvalue weighted by atomic mass is 10.2. The maximum atomic E-state index is 5.45. The lowest BCUT2D eigenvalue weighted by molar-refractivity contribution is 0.340. The SMILES string of the molecule is CCCCNC(=NC)N(C)Cc1ccc(OCC)cc1.I. The number of nitrogens with one attached hydrogen (secondary N) is 1. The van der Waals surface area contributed by atoms with Gasteiger partial charge in [0.25, 0.3) is 0 Å². The fourth-order valence-corrected chi connectivity index (χ4v) is 1.97. The highest BCUT2D eigenvalue weighted by Gasteiger charge is 2.06. The average molecular weight is 405 g/mol. The minimum Gasteiger partial charge on any atom is -0.494 e. The van der Waals surface area contributed by atoms with Crippen LogP contribution in [0, 0.1) is 0 Å². The van der Waals surface area contributed by atoms with E-state index in [4.69, 9.17) is 4.74 Å². The number of guanidine groups is 1. The number of aliphatic imine (C=N–C) groups is 1. The van der Waals surface area contributed by atoms with E-state index in [2.05, 4.69) is 41.3 Å². The lowest BCUT2D eigenvalue weighted by Gasteiger charge is -2.22. The van der Waals surface area contributed by atoms with Crippen molar-refractivity contribution in [1.82, 2.24) is 10.2 Å². The number of benzene rings is 1. The highest BCUT2D eigenvalue weighted by Crippen LogP contribution is 2.13. The first-order chi connectivity index (χ1) is 9.71. The molecule has 0 radical (unpaired) electrons. The molecule has 5 heteroatoms. The van der Waals surface area contributed by atoms with E-state index in [0.717, 1.165) is 31.2 Å². The standard InChI is InChI=1S/C16H27N3O.HI/c1-5-7-12-18-16(17-3)19(4)13-14-8-10-15(11-9-14)20-6-2;/h8-11H,5-7,12-13H2,1-4H3,(H,17,18);1H. The normalized spacial score (nSPS) is 10.8. The molecule has 0 aromatic heterocycles. The first-order valence-corrected chi connectivity index (χ1v) is 7.34. The van der Waals surface area contributed by atoms with Crippen molar-refractivity contribution in [3.8, 4) is 5.75 Å². The number of unbranched alkanes of at least 4 members (excludes halogenated alkanes) is 1. The van der Waals surface area contributed by atoms with Gasteiger partial charge in [-0.15, -0.1) is 24.0 Å². The van der Waals surface area contributed by atoms with Gasteiger partial charge in [-0.25, -0.2) is 0 Å². The van der Waals surface area contributed by atoms with Crippen LogP contribution in [0.3, 0.4) is 0 Å². The fraction of sp³-hybridized carbons (Fsp3) is 0.562. The van der Waals surface area contributed by atoms with Crippen molar-refractivity contribution in [2.24, 2.45) is 4.99 Å². The average Bonchev–Trinajstić information content (AvgIpc) is 2.46. The van der Waals surface area contributed by atoms with Gasteiger partial charge in [0.2, 0.25) is 0 Å². The largest absolute Gasteiger partial charge is 0.494 e. The van der Waals surface area contributed by atoms with Gasteiger partial charge in [-0.1, -0.05) is 25.5 Å². The van der Waals surface area contributed by atoms with Crippen molar-refractivity contribution >= 4 is 29.9 Å². The van der Waals surface area contributed by atoms with Crippen molar-refractivity contribution < 1.29 is 4.74 Å². The first-order valence-electron chi connectivity index (χ1n) is 7.34. The van der Waals surface area contributed by atoms with Crippen molar-refractivity contribution in [1.29, 1.82) is 0 Å². The molecule has 0 amide bonds. The van der Waals surface area contributed by atoms with Crippen LogP contribution in [0.15, 0.2) is 29.3 Å². The van der Waals surface area contributed by atoms with Gasteiger partial charge in [0.1, 0.15) is 5.75 Å². The monoisotopic (exact) mass is 405 g/mol. The van der Waals surface area contributed by atoms with E-state index in [1.807, 2.05) is 26.1 Å². The maximum Gasteiger partial charge on any atom is 0.193 e. The Morgan fingerprint density at radius 2 is 1.90 bits per heavy atom. The molecule has 0 bridgehead atoms. The van der Waals surface area contributed by atoms with Gasteiger partial charge in [0, 0.05) is 27.2 Å². The molecule has 0 spiro atoms. The predicted octanol–water partition coefficient (Wildman–Crippen LogP) is 3.51. The number of halogens is 1. The summed E-state index contributed by atoms with van der Waals surface area (Å²) in [6.07, 6.45) is 2.35. The Labute approximate surface area is 146 Å². The summed E-state index contributed by atoms with van der Waals surface area (Å²) in [5.74, 6) is 1.86. The van der Waals surface area contributed by atoms with Crippen molar-refractivity contribution in [2.75, 3.05) is 27.2 Å². The van der Waals surface area contributed by atoms with Gasteiger partial charge in [0.15, 0.2) is 5.96 Å². The molecule has 1 aromatic carbocycles. The molecule has 0 aliphatic heterocycles. The molecule has 21 heavy (non-hydrogen) atoms. The van der Waals surface area contributed by atoms with E-state index in [9.17, 15) is 0 Å². The number of ether oxygens (including phenoxy) is 1.